The molecule has 0 radical (unpaired) electrons. The summed E-state index contributed by atoms with van der Waals surface area (Å²) in [7, 11) is 0. The van der Waals surface area contributed by atoms with E-state index in [2.05, 4.69) is 24.1 Å². The zero-order chi connectivity index (χ0) is 14.2. The summed E-state index contributed by atoms with van der Waals surface area (Å²) in [6.45, 7) is 9.80. The van der Waals surface area contributed by atoms with Crippen LogP contribution in [0.2, 0.25) is 0 Å². The SMILES string of the molecule is CCCC1CCCN(CCC2CCCC2NCC)CC1. The summed E-state index contributed by atoms with van der Waals surface area (Å²) >= 11 is 0. The summed E-state index contributed by atoms with van der Waals surface area (Å²) in [5.74, 6) is 1.97. The van der Waals surface area contributed by atoms with Crippen molar-refractivity contribution in [2.24, 2.45) is 11.8 Å². The van der Waals surface area contributed by atoms with E-state index in [1.54, 1.807) is 0 Å². The lowest BCUT2D eigenvalue weighted by Gasteiger charge is -2.25. The molecule has 1 aliphatic carbocycles. The highest BCUT2D eigenvalue weighted by atomic mass is 15.1. The van der Waals surface area contributed by atoms with Crippen LogP contribution in [0.4, 0.5) is 0 Å². The quantitative estimate of drug-likeness (QED) is 0.756. The zero-order valence-corrected chi connectivity index (χ0v) is 13.9. The summed E-state index contributed by atoms with van der Waals surface area (Å²) in [5, 5.41) is 3.70. The van der Waals surface area contributed by atoms with Crippen LogP contribution in [-0.2, 0) is 0 Å². The van der Waals surface area contributed by atoms with Crippen LogP contribution in [0.15, 0.2) is 0 Å². The van der Waals surface area contributed by atoms with Crippen molar-refractivity contribution in [3.05, 3.63) is 0 Å². The monoisotopic (exact) mass is 280 g/mol. The minimum absolute atomic E-state index is 0.819. The summed E-state index contributed by atoms with van der Waals surface area (Å²) < 4.78 is 0. The van der Waals surface area contributed by atoms with Gasteiger partial charge in [0.15, 0.2) is 0 Å². The Hall–Kier alpha value is -0.0800. The summed E-state index contributed by atoms with van der Waals surface area (Å²) in [6.07, 6.45) is 12.9. The minimum atomic E-state index is 0.819. The van der Waals surface area contributed by atoms with Gasteiger partial charge < -0.3 is 10.2 Å². The maximum Gasteiger partial charge on any atom is 0.00956 e. The molecule has 20 heavy (non-hydrogen) atoms. The van der Waals surface area contributed by atoms with Crippen molar-refractivity contribution >= 4 is 0 Å². The first-order chi connectivity index (χ1) is 9.83. The molecule has 0 amide bonds. The Kier molecular flexibility index (Phi) is 7.37. The predicted octanol–water partition coefficient (Wildman–Crippen LogP) is 4.06. The van der Waals surface area contributed by atoms with Gasteiger partial charge in [0.2, 0.25) is 0 Å². The van der Waals surface area contributed by atoms with Gasteiger partial charge in [0.1, 0.15) is 0 Å². The lowest BCUT2D eigenvalue weighted by atomic mass is 9.96. The highest BCUT2D eigenvalue weighted by molar-refractivity contribution is 4.83. The first-order valence-electron chi connectivity index (χ1n) is 9.29. The molecule has 1 heterocycles. The molecule has 2 heteroatoms. The van der Waals surface area contributed by atoms with Crippen molar-refractivity contribution in [2.75, 3.05) is 26.2 Å². The molecule has 2 rings (SSSR count). The van der Waals surface area contributed by atoms with Crippen LogP contribution in [0.1, 0.15) is 71.6 Å². The van der Waals surface area contributed by atoms with E-state index in [0.29, 0.717) is 0 Å². The molecule has 3 atom stereocenters. The number of hydrogen-bond acceptors (Lipinski definition) is 2. The molecule has 0 aromatic carbocycles. The molecule has 0 spiro atoms. The van der Waals surface area contributed by atoms with E-state index in [9.17, 15) is 0 Å². The van der Waals surface area contributed by atoms with E-state index in [0.717, 1.165) is 24.4 Å². The first kappa shape index (κ1) is 16.3. The van der Waals surface area contributed by atoms with E-state index in [1.165, 1.54) is 77.4 Å². The fraction of sp³-hybridized carbons (Fsp3) is 1.00. The highest BCUT2D eigenvalue weighted by Crippen LogP contribution is 2.29. The number of nitrogens with zero attached hydrogens (tertiary/aromatic N) is 1. The van der Waals surface area contributed by atoms with Crippen molar-refractivity contribution in [3.63, 3.8) is 0 Å². The van der Waals surface area contributed by atoms with Crippen LogP contribution in [0.5, 0.6) is 0 Å². The zero-order valence-electron chi connectivity index (χ0n) is 13.9. The van der Waals surface area contributed by atoms with Gasteiger partial charge in [-0.25, -0.2) is 0 Å². The van der Waals surface area contributed by atoms with Gasteiger partial charge >= 0.3 is 0 Å². The Morgan fingerprint density at radius 2 is 1.85 bits per heavy atom. The van der Waals surface area contributed by atoms with Crippen LogP contribution >= 0.6 is 0 Å². The van der Waals surface area contributed by atoms with Crippen molar-refractivity contribution < 1.29 is 0 Å². The van der Waals surface area contributed by atoms with E-state index < -0.39 is 0 Å². The topological polar surface area (TPSA) is 15.3 Å². The molecule has 1 saturated heterocycles. The molecule has 0 bridgehead atoms. The fourth-order valence-corrected chi connectivity index (χ4v) is 4.41. The molecule has 1 aliphatic heterocycles. The third-order valence-electron chi connectivity index (χ3n) is 5.58. The molecule has 3 unspecified atom stereocenters. The van der Waals surface area contributed by atoms with Gasteiger partial charge in [0.05, 0.1) is 0 Å². The average molecular weight is 281 g/mol. The van der Waals surface area contributed by atoms with Gasteiger partial charge in [-0.2, -0.15) is 0 Å². The molecule has 0 aromatic rings. The summed E-state index contributed by atoms with van der Waals surface area (Å²) in [6, 6.07) is 0.819. The van der Waals surface area contributed by atoms with Gasteiger partial charge in [0, 0.05) is 6.04 Å². The second-order valence-corrected chi connectivity index (χ2v) is 7.07. The van der Waals surface area contributed by atoms with Crippen molar-refractivity contribution in [3.8, 4) is 0 Å². The Balaban J connectivity index is 1.68. The Bertz CT molecular complexity index is 254. The molecule has 2 nitrogen and oxygen atoms in total. The number of hydrogen-bond donors (Lipinski definition) is 1. The minimum Gasteiger partial charge on any atom is -0.314 e. The second kappa shape index (κ2) is 9.04. The van der Waals surface area contributed by atoms with Crippen LogP contribution in [0.3, 0.4) is 0 Å². The summed E-state index contributed by atoms with van der Waals surface area (Å²) in [4.78, 5) is 2.76. The predicted molar refractivity (Wildman–Crippen MR) is 88.1 cm³/mol. The standard InChI is InChI=1S/C18H36N2/c1-3-7-16-8-6-13-20(14-11-16)15-12-17-9-5-10-18(17)19-4-2/h16-19H,3-15H2,1-2H3. The van der Waals surface area contributed by atoms with E-state index >= 15 is 0 Å². The largest absolute Gasteiger partial charge is 0.314 e. The third-order valence-corrected chi connectivity index (χ3v) is 5.58. The number of likely N-dealkylation sites (tertiary alicyclic amines) is 1. The summed E-state index contributed by atoms with van der Waals surface area (Å²) in [5.41, 5.74) is 0. The van der Waals surface area contributed by atoms with Gasteiger partial charge in [-0.3, -0.25) is 0 Å². The average Bonchev–Trinajstić information content (AvgIpc) is 2.76. The first-order valence-corrected chi connectivity index (χ1v) is 9.29. The molecule has 2 fully saturated rings. The van der Waals surface area contributed by atoms with Gasteiger partial charge in [0.25, 0.3) is 0 Å². The molecule has 2 aliphatic rings. The van der Waals surface area contributed by atoms with Crippen LogP contribution in [0.25, 0.3) is 0 Å². The second-order valence-electron chi connectivity index (χ2n) is 7.07. The third kappa shape index (κ3) is 5.04. The Morgan fingerprint density at radius 3 is 2.65 bits per heavy atom. The van der Waals surface area contributed by atoms with Gasteiger partial charge in [-0.15, -0.1) is 0 Å². The van der Waals surface area contributed by atoms with Crippen LogP contribution < -0.4 is 5.32 Å². The maximum absolute atomic E-state index is 3.70. The number of rotatable bonds is 7. The molecule has 118 valence electrons. The van der Waals surface area contributed by atoms with E-state index in [-0.39, 0.29) is 0 Å². The van der Waals surface area contributed by atoms with Gasteiger partial charge in [-0.1, -0.05) is 33.1 Å². The fourth-order valence-electron chi connectivity index (χ4n) is 4.41. The van der Waals surface area contributed by atoms with Crippen molar-refractivity contribution in [1.82, 2.24) is 10.2 Å². The number of nitrogens with one attached hydrogen (secondary N) is 1. The lowest BCUT2D eigenvalue weighted by molar-refractivity contribution is 0.245. The van der Waals surface area contributed by atoms with Crippen molar-refractivity contribution in [1.29, 1.82) is 0 Å². The Labute approximate surface area is 126 Å². The molecular formula is C18H36N2. The lowest BCUT2D eigenvalue weighted by Crippen LogP contribution is -2.35. The van der Waals surface area contributed by atoms with E-state index in [1.807, 2.05) is 0 Å². The van der Waals surface area contributed by atoms with Gasteiger partial charge in [-0.05, 0) is 76.5 Å². The van der Waals surface area contributed by atoms with Crippen molar-refractivity contribution in [2.45, 2.75) is 77.7 Å². The smallest absolute Gasteiger partial charge is 0.00956 e. The molecule has 0 aromatic heterocycles. The molecule has 1 saturated carbocycles. The normalized spacial score (nSPS) is 32.4. The van der Waals surface area contributed by atoms with Crippen LogP contribution in [0, 0.1) is 11.8 Å². The molecular weight excluding hydrogens is 244 g/mol. The Morgan fingerprint density at radius 1 is 0.950 bits per heavy atom. The molecule has 1 N–H and O–H groups in total. The highest BCUT2D eigenvalue weighted by Gasteiger charge is 2.26. The maximum atomic E-state index is 3.70. The van der Waals surface area contributed by atoms with Crippen LogP contribution in [-0.4, -0.2) is 37.1 Å². The van der Waals surface area contributed by atoms with E-state index in [4.69, 9.17) is 0 Å².